The standard InChI is InChI=1S/C45H32O2S/c1-29-11-9-14-33(27-29)47-32-23-21-30(22-24-32)43-35-15-5-7-17-37(35)44(38-18-8-6-16-36(38)43)40-20-10-19-39-41-28-34(25-26-42(41)48-45(39)40)46-31-12-3-2-4-13-31/h3,5-28H,2,4H2,1H3. The molecule has 0 amide bonds. The third kappa shape index (κ3) is 5.04. The maximum Gasteiger partial charge on any atom is 0.128 e. The molecule has 0 unspecified atom stereocenters. The Labute approximate surface area is 283 Å². The summed E-state index contributed by atoms with van der Waals surface area (Å²) in [6.07, 6.45) is 8.51. The lowest BCUT2D eigenvalue weighted by Gasteiger charge is -2.18. The highest BCUT2D eigenvalue weighted by Gasteiger charge is 2.19. The summed E-state index contributed by atoms with van der Waals surface area (Å²) in [6, 6.07) is 47.6. The van der Waals surface area contributed by atoms with Gasteiger partial charge in [0.15, 0.2) is 0 Å². The lowest BCUT2D eigenvalue weighted by molar-refractivity contribution is 0.440. The Morgan fingerprint density at radius 2 is 1.19 bits per heavy atom. The molecule has 8 aromatic rings. The Balaban J connectivity index is 1.20. The van der Waals surface area contributed by atoms with Gasteiger partial charge in [-0.1, -0.05) is 97.1 Å². The number of hydrogen-bond acceptors (Lipinski definition) is 3. The molecule has 230 valence electrons. The van der Waals surface area contributed by atoms with Gasteiger partial charge in [-0.3, -0.25) is 0 Å². The molecule has 0 aliphatic heterocycles. The minimum Gasteiger partial charge on any atom is -0.458 e. The van der Waals surface area contributed by atoms with E-state index in [0.29, 0.717) is 0 Å². The fourth-order valence-corrected chi connectivity index (χ4v) is 8.28. The highest BCUT2D eigenvalue weighted by atomic mass is 32.1. The van der Waals surface area contributed by atoms with Crippen LogP contribution in [0.1, 0.15) is 18.4 Å². The van der Waals surface area contributed by atoms with Gasteiger partial charge in [0.2, 0.25) is 0 Å². The van der Waals surface area contributed by atoms with Crippen molar-refractivity contribution in [2.75, 3.05) is 0 Å². The van der Waals surface area contributed by atoms with Crippen LogP contribution in [0.5, 0.6) is 17.2 Å². The Hall–Kier alpha value is -5.64. The van der Waals surface area contributed by atoms with Crippen molar-refractivity contribution in [2.24, 2.45) is 0 Å². The average molecular weight is 637 g/mol. The minimum atomic E-state index is 0.825. The predicted octanol–water partition coefficient (Wildman–Crippen LogP) is 13.4. The maximum absolute atomic E-state index is 6.28. The second-order valence-electron chi connectivity index (χ2n) is 12.4. The molecule has 7 aromatic carbocycles. The second-order valence-corrected chi connectivity index (χ2v) is 13.5. The van der Waals surface area contributed by atoms with Gasteiger partial charge < -0.3 is 9.47 Å². The Kier molecular flexibility index (Phi) is 7.06. The lowest BCUT2D eigenvalue weighted by atomic mass is 9.86. The van der Waals surface area contributed by atoms with Gasteiger partial charge in [-0.05, 0) is 118 Å². The van der Waals surface area contributed by atoms with Gasteiger partial charge in [0.05, 0.1) is 0 Å². The second kappa shape index (κ2) is 11.9. The van der Waals surface area contributed by atoms with E-state index in [-0.39, 0.29) is 0 Å². The topological polar surface area (TPSA) is 18.5 Å². The Morgan fingerprint density at radius 1 is 0.521 bits per heavy atom. The number of ether oxygens (including phenoxy) is 2. The molecule has 0 saturated carbocycles. The monoisotopic (exact) mass is 636 g/mol. The normalized spacial score (nSPS) is 13.0. The van der Waals surface area contributed by atoms with Gasteiger partial charge >= 0.3 is 0 Å². The summed E-state index contributed by atoms with van der Waals surface area (Å²) in [6.45, 7) is 2.08. The zero-order chi connectivity index (χ0) is 32.0. The fourth-order valence-electron chi connectivity index (χ4n) is 7.07. The van der Waals surface area contributed by atoms with Crippen LogP contribution in [0.15, 0.2) is 157 Å². The molecule has 1 aliphatic carbocycles. The van der Waals surface area contributed by atoms with E-state index < -0.39 is 0 Å². The van der Waals surface area contributed by atoms with Gasteiger partial charge in [0.1, 0.15) is 23.0 Å². The third-order valence-electron chi connectivity index (χ3n) is 9.23. The van der Waals surface area contributed by atoms with E-state index in [1.807, 2.05) is 23.5 Å². The summed E-state index contributed by atoms with van der Waals surface area (Å²) in [4.78, 5) is 0. The molecule has 1 aliphatic rings. The molecule has 0 N–H and O–H groups in total. The van der Waals surface area contributed by atoms with Gasteiger partial charge in [-0.15, -0.1) is 11.3 Å². The first-order chi connectivity index (χ1) is 23.7. The Bertz CT molecular complexity index is 2510. The molecule has 0 atom stereocenters. The van der Waals surface area contributed by atoms with Crippen LogP contribution < -0.4 is 9.47 Å². The van der Waals surface area contributed by atoms with E-state index >= 15 is 0 Å². The van der Waals surface area contributed by atoms with Gasteiger partial charge in [0, 0.05) is 25.7 Å². The number of benzene rings is 7. The number of hydrogen-bond donors (Lipinski definition) is 0. The molecular formula is C45H32O2S. The fraction of sp³-hybridized carbons (Fsp3) is 0.0667. The van der Waals surface area contributed by atoms with E-state index in [9.17, 15) is 0 Å². The maximum atomic E-state index is 6.28. The Morgan fingerprint density at radius 3 is 1.90 bits per heavy atom. The predicted molar refractivity (Wildman–Crippen MR) is 204 cm³/mol. The smallest absolute Gasteiger partial charge is 0.128 e. The molecular weight excluding hydrogens is 605 g/mol. The van der Waals surface area contributed by atoms with Crippen LogP contribution in [-0.2, 0) is 0 Å². The zero-order valence-electron chi connectivity index (χ0n) is 26.6. The van der Waals surface area contributed by atoms with Gasteiger partial charge in [0.25, 0.3) is 0 Å². The third-order valence-corrected chi connectivity index (χ3v) is 10.5. The van der Waals surface area contributed by atoms with Crippen molar-refractivity contribution in [2.45, 2.75) is 19.8 Å². The molecule has 1 aromatic heterocycles. The van der Waals surface area contributed by atoms with Crippen molar-refractivity contribution in [3.8, 4) is 39.5 Å². The lowest BCUT2D eigenvalue weighted by Crippen LogP contribution is -1.94. The quantitative estimate of drug-likeness (QED) is 0.169. The number of allylic oxidation sites excluding steroid dienone is 3. The van der Waals surface area contributed by atoms with Crippen LogP contribution in [0.2, 0.25) is 0 Å². The summed E-state index contributed by atoms with van der Waals surface area (Å²) in [5.41, 5.74) is 6.12. The molecule has 2 nitrogen and oxygen atoms in total. The van der Waals surface area contributed by atoms with Crippen LogP contribution >= 0.6 is 11.3 Å². The van der Waals surface area contributed by atoms with Crippen LogP contribution in [-0.4, -0.2) is 0 Å². The van der Waals surface area contributed by atoms with Gasteiger partial charge in [-0.2, -0.15) is 0 Å². The summed E-state index contributed by atoms with van der Waals surface area (Å²) in [5.74, 6) is 3.47. The highest BCUT2D eigenvalue weighted by molar-refractivity contribution is 7.26. The van der Waals surface area contributed by atoms with E-state index in [2.05, 4.69) is 146 Å². The molecule has 0 bridgehead atoms. The van der Waals surface area contributed by atoms with Crippen molar-refractivity contribution >= 4 is 53.1 Å². The molecule has 48 heavy (non-hydrogen) atoms. The number of thiophene rings is 1. The summed E-state index contributed by atoms with van der Waals surface area (Å²) in [7, 11) is 0. The number of aryl methyl sites for hydroxylation is 1. The molecule has 1 heterocycles. The van der Waals surface area contributed by atoms with Gasteiger partial charge in [-0.25, -0.2) is 0 Å². The first-order valence-electron chi connectivity index (χ1n) is 16.5. The van der Waals surface area contributed by atoms with Crippen LogP contribution in [0, 0.1) is 6.92 Å². The van der Waals surface area contributed by atoms with E-state index in [1.165, 1.54) is 69.5 Å². The molecule has 3 heteroatoms. The molecule has 0 fully saturated rings. The van der Waals surface area contributed by atoms with Crippen molar-refractivity contribution in [1.82, 2.24) is 0 Å². The summed E-state index contributed by atoms with van der Waals surface area (Å²) < 4.78 is 15.0. The molecule has 0 saturated heterocycles. The van der Waals surface area contributed by atoms with E-state index in [4.69, 9.17) is 9.47 Å². The highest BCUT2D eigenvalue weighted by Crippen LogP contribution is 2.48. The first kappa shape index (κ1) is 28.6. The molecule has 9 rings (SSSR count). The molecule has 0 radical (unpaired) electrons. The SMILES string of the molecule is Cc1cccc(Oc2ccc(-c3c4ccccc4c(-c4cccc5c4sc4ccc(OC6=CCCC=C6)cc45)c4ccccc34)cc2)c1. The van der Waals surface area contributed by atoms with Crippen molar-refractivity contribution < 1.29 is 9.47 Å². The van der Waals surface area contributed by atoms with E-state index in [1.54, 1.807) is 0 Å². The number of rotatable bonds is 6. The zero-order valence-corrected chi connectivity index (χ0v) is 27.4. The van der Waals surface area contributed by atoms with Crippen LogP contribution in [0.4, 0.5) is 0 Å². The van der Waals surface area contributed by atoms with Crippen LogP contribution in [0.3, 0.4) is 0 Å². The van der Waals surface area contributed by atoms with Crippen molar-refractivity contribution in [3.05, 3.63) is 163 Å². The first-order valence-corrected chi connectivity index (χ1v) is 17.3. The summed E-state index contributed by atoms with van der Waals surface area (Å²) in [5, 5.41) is 7.45. The van der Waals surface area contributed by atoms with Crippen LogP contribution in [0.25, 0.3) is 64.0 Å². The van der Waals surface area contributed by atoms with Crippen molar-refractivity contribution in [1.29, 1.82) is 0 Å². The average Bonchev–Trinajstić information content (AvgIpc) is 3.50. The van der Waals surface area contributed by atoms with E-state index in [0.717, 1.165) is 35.8 Å². The minimum absolute atomic E-state index is 0.825. The number of fused-ring (bicyclic) bond motifs is 5. The van der Waals surface area contributed by atoms with Crippen molar-refractivity contribution in [3.63, 3.8) is 0 Å². The summed E-state index contributed by atoms with van der Waals surface area (Å²) >= 11 is 1.86. The largest absolute Gasteiger partial charge is 0.458 e. The molecule has 0 spiro atoms.